The molecule has 0 saturated carbocycles. The molecule has 1 aromatic carbocycles. The summed E-state index contributed by atoms with van der Waals surface area (Å²) in [5.41, 5.74) is 3.23. The van der Waals surface area contributed by atoms with E-state index in [1.165, 1.54) is 21.9 Å². The fourth-order valence-electron chi connectivity index (χ4n) is 2.54. The van der Waals surface area contributed by atoms with Crippen molar-refractivity contribution in [2.24, 2.45) is 0 Å². The minimum Gasteiger partial charge on any atom is -0.308 e. The van der Waals surface area contributed by atoms with Crippen LogP contribution in [0.25, 0.3) is 26.8 Å². The third kappa shape index (κ3) is 2.30. The summed E-state index contributed by atoms with van der Waals surface area (Å²) >= 11 is 3.41. The third-order valence-corrected chi connectivity index (χ3v) is 5.30. The van der Waals surface area contributed by atoms with E-state index >= 15 is 0 Å². The molecule has 0 saturated heterocycles. The Balaban J connectivity index is 1.96. The molecule has 0 aliphatic rings. The van der Waals surface area contributed by atoms with Crippen molar-refractivity contribution in [3.63, 3.8) is 0 Å². The molecule has 0 radical (unpaired) electrons. The summed E-state index contributed by atoms with van der Waals surface area (Å²) in [6.07, 6.45) is 0. The Morgan fingerprint density at radius 2 is 1.23 bits per heavy atom. The molecule has 108 valence electrons. The van der Waals surface area contributed by atoms with Crippen LogP contribution < -0.4 is 0 Å². The zero-order valence-corrected chi connectivity index (χ0v) is 13.2. The molecule has 0 aliphatic heterocycles. The van der Waals surface area contributed by atoms with Gasteiger partial charge in [0.15, 0.2) is 0 Å². The number of nitrogens with zero attached hydrogens (tertiary/aromatic N) is 1. The van der Waals surface area contributed by atoms with Crippen LogP contribution in [0.1, 0.15) is 0 Å². The molecule has 22 heavy (non-hydrogen) atoms. The Morgan fingerprint density at radius 1 is 0.682 bits per heavy atom. The van der Waals surface area contributed by atoms with E-state index in [4.69, 9.17) is 0 Å². The molecular formula is C18H12FNS2. The number of benzene rings is 1. The summed E-state index contributed by atoms with van der Waals surface area (Å²) in [5.74, 6) is -0.216. The Kier molecular flexibility index (Phi) is 3.41. The topological polar surface area (TPSA) is 4.93 Å². The Bertz CT molecular complexity index is 820. The average molecular weight is 325 g/mol. The van der Waals surface area contributed by atoms with E-state index in [0.29, 0.717) is 0 Å². The zero-order chi connectivity index (χ0) is 14.9. The van der Waals surface area contributed by atoms with E-state index in [2.05, 4.69) is 39.6 Å². The summed E-state index contributed by atoms with van der Waals surface area (Å²) < 4.78 is 15.5. The van der Waals surface area contributed by atoms with Crippen molar-refractivity contribution in [2.45, 2.75) is 0 Å². The van der Waals surface area contributed by atoms with Gasteiger partial charge in [-0.15, -0.1) is 22.7 Å². The van der Waals surface area contributed by atoms with Crippen LogP contribution >= 0.6 is 22.7 Å². The highest BCUT2D eigenvalue weighted by Gasteiger charge is 2.14. The quantitative estimate of drug-likeness (QED) is 0.430. The molecule has 0 unspecified atom stereocenters. The molecule has 0 spiro atoms. The predicted molar refractivity (Wildman–Crippen MR) is 92.4 cm³/mol. The van der Waals surface area contributed by atoms with E-state index in [-0.39, 0.29) is 5.82 Å². The Hall–Kier alpha value is -2.17. The van der Waals surface area contributed by atoms with Crippen molar-refractivity contribution in [2.75, 3.05) is 0 Å². The molecule has 0 atom stereocenters. The highest BCUT2D eigenvalue weighted by molar-refractivity contribution is 7.14. The molecule has 0 amide bonds. The average Bonchev–Trinajstić information content (AvgIpc) is 3.27. The van der Waals surface area contributed by atoms with Gasteiger partial charge in [0.2, 0.25) is 0 Å². The van der Waals surface area contributed by atoms with Crippen molar-refractivity contribution in [3.8, 4) is 26.8 Å². The lowest BCUT2D eigenvalue weighted by Crippen LogP contribution is -1.98. The number of rotatable bonds is 3. The van der Waals surface area contributed by atoms with E-state index in [1.807, 2.05) is 24.3 Å². The lowest BCUT2D eigenvalue weighted by atomic mass is 10.2. The first-order chi connectivity index (χ1) is 10.8. The smallest absolute Gasteiger partial charge is 0.123 e. The van der Waals surface area contributed by atoms with Gasteiger partial charge in [-0.1, -0.05) is 12.1 Å². The first kappa shape index (κ1) is 13.5. The molecule has 3 aromatic heterocycles. The number of hydrogen-bond donors (Lipinski definition) is 0. The Labute approximate surface area is 135 Å². The van der Waals surface area contributed by atoms with Gasteiger partial charge in [-0.2, -0.15) is 0 Å². The second-order valence-electron chi connectivity index (χ2n) is 4.87. The second-order valence-corrected chi connectivity index (χ2v) is 6.77. The lowest BCUT2D eigenvalue weighted by Gasteiger charge is -2.12. The highest BCUT2D eigenvalue weighted by Crippen LogP contribution is 2.35. The van der Waals surface area contributed by atoms with Gasteiger partial charge in [0.25, 0.3) is 0 Å². The first-order valence-corrected chi connectivity index (χ1v) is 8.64. The molecular weight excluding hydrogens is 313 g/mol. The van der Waals surface area contributed by atoms with Crippen molar-refractivity contribution in [1.82, 2.24) is 4.57 Å². The molecule has 4 rings (SSSR count). The molecule has 1 nitrogen and oxygen atoms in total. The summed E-state index contributed by atoms with van der Waals surface area (Å²) in [7, 11) is 0. The van der Waals surface area contributed by atoms with Crippen LogP contribution in [0.15, 0.2) is 71.4 Å². The number of aromatic nitrogens is 1. The zero-order valence-electron chi connectivity index (χ0n) is 11.6. The van der Waals surface area contributed by atoms with Crippen LogP contribution in [-0.4, -0.2) is 4.57 Å². The van der Waals surface area contributed by atoms with Crippen LogP contribution in [0.3, 0.4) is 0 Å². The molecule has 4 heteroatoms. The molecule has 0 N–H and O–H groups in total. The molecule has 4 aromatic rings. The van der Waals surface area contributed by atoms with Gasteiger partial charge in [0.1, 0.15) is 5.82 Å². The van der Waals surface area contributed by atoms with E-state index in [0.717, 1.165) is 17.1 Å². The van der Waals surface area contributed by atoms with Gasteiger partial charge in [-0.25, -0.2) is 4.39 Å². The van der Waals surface area contributed by atoms with Crippen LogP contribution in [0.2, 0.25) is 0 Å². The van der Waals surface area contributed by atoms with E-state index in [9.17, 15) is 4.39 Å². The minimum atomic E-state index is -0.216. The van der Waals surface area contributed by atoms with Crippen LogP contribution in [-0.2, 0) is 0 Å². The number of thiophene rings is 2. The van der Waals surface area contributed by atoms with Crippen molar-refractivity contribution < 1.29 is 4.39 Å². The van der Waals surface area contributed by atoms with E-state index in [1.54, 1.807) is 22.7 Å². The third-order valence-electron chi connectivity index (χ3n) is 3.51. The van der Waals surface area contributed by atoms with Gasteiger partial charge in [-0.05, 0) is 59.3 Å². The normalized spacial score (nSPS) is 11.0. The Morgan fingerprint density at radius 3 is 1.68 bits per heavy atom. The summed E-state index contributed by atoms with van der Waals surface area (Å²) in [6, 6.07) is 19.2. The van der Waals surface area contributed by atoms with Crippen molar-refractivity contribution >= 4 is 22.7 Å². The molecule has 3 heterocycles. The predicted octanol–water partition coefficient (Wildman–Crippen LogP) is 6.07. The maximum absolute atomic E-state index is 13.3. The standard InChI is InChI=1S/C18H12FNS2/c19-13-5-7-14(8-6-13)20-15(17-3-1-11-21-17)9-10-16(20)18-4-2-12-22-18/h1-12H. The summed E-state index contributed by atoms with van der Waals surface area (Å²) in [4.78, 5) is 2.40. The van der Waals surface area contributed by atoms with E-state index < -0.39 is 0 Å². The van der Waals surface area contributed by atoms with Gasteiger partial charge in [0, 0.05) is 5.69 Å². The second kappa shape index (κ2) is 5.55. The monoisotopic (exact) mass is 325 g/mol. The van der Waals surface area contributed by atoms with Crippen LogP contribution in [0, 0.1) is 5.82 Å². The van der Waals surface area contributed by atoms with Gasteiger partial charge in [-0.3, -0.25) is 0 Å². The maximum Gasteiger partial charge on any atom is 0.123 e. The number of hydrogen-bond acceptors (Lipinski definition) is 2. The summed E-state index contributed by atoms with van der Waals surface area (Å²) in [5, 5.41) is 4.14. The highest BCUT2D eigenvalue weighted by atomic mass is 32.1. The molecule has 0 fully saturated rings. The van der Waals surface area contributed by atoms with Crippen LogP contribution in [0.4, 0.5) is 4.39 Å². The van der Waals surface area contributed by atoms with Crippen LogP contribution in [0.5, 0.6) is 0 Å². The minimum absolute atomic E-state index is 0.216. The fraction of sp³-hybridized carbons (Fsp3) is 0. The first-order valence-electron chi connectivity index (χ1n) is 6.88. The van der Waals surface area contributed by atoms with Crippen molar-refractivity contribution in [1.29, 1.82) is 0 Å². The van der Waals surface area contributed by atoms with Crippen molar-refractivity contribution in [3.05, 3.63) is 77.2 Å². The van der Waals surface area contributed by atoms with Gasteiger partial charge >= 0.3 is 0 Å². The van der Waals surface area contributed by atoms with Gasteiger partial charge < -0.3 is 4.57 Å². The SMILES string of the molecule is Fc1ccc(-n2c(-c3cccs3)ccc2-c2cccs2)cc1. The summed E-state index contributed by atoms with van der Waals surface area (Å²) in [6.45, 7) is 0. The van der Waals surface area contributed by atoms with Gasteiger partial charge in [0.05, 0.1) is 21.1 Å². The lowest BCUT2D eigenvalue weighted by molar-refractivity contribution is 0.627. The maximum atomic E-state index is 13.3. The number of halogens is 1. The molecule has 0 bridgehead atoms. The molecule has 0 aliphatic carbocycles. The fourth-order valence-corrected chi connectivity index (χ4v) is 4.02. The largest absolute Gasteiger partial charge is 0.308 e.